The van der Waals surface area contributed by atoms with Crippen LogP contribution in [0.5, 0.6) is 11.8 Å². The lowest BCUT2D eigenvalue weighted by Crippen LogP contribution is -2.38. The molecule has 0 aliphatic carbocycles. The number of rotatable bonds is 4. The van der Waals surface area contributed by atoms with Crippen LogP contribution in [0.1, 0.15) is 11.7 Å². The van der Waals surface area contributed by atoms with Crippen LogP contribution in [0, 0.1) is 0 Å². The fourth-order valence-corrected chi connectivity index (χ4v) is 3.49. The van der Waals surface area contributed by atoms with Gasteiger partial charge in [0, 0.05) is 36.6 Å². The predicted octanol–water partition coefficient (Wildman–Crippen LogP) is 4.40. The molecule has 0 amide bonds. The van der Waals surface area contributed by atoms with Gasteiger partial charge in [0.1, 0.15) is 11.9 Å². The highest BCUT2D eigenvalue weighted by molar-refractivity contribution is 5.76. The molecule has 1 fully saturated rings. The minimum absolute atomic E-state index is 0.0838. The van der Waals surface area contributed by atoms with Gasteiger partial charge in [-0.15, -0.1) is 0 Å². The summed E-state index contributed by atoms with van der Waals surface area (Å²) >= 11 is 0. The molecule has 1 saturated heterocycles. The molecule has 0 N–H and O–H groups in total. The van der Waals surface area contributed by atoms with Gasteiger partial charge in [0.25, 0.3) is 0 Å². The van der Waals surface area contributed by atoms with E-state index in [2.05, 4.69) is 56.3 Å². The summed E-state index contributed by atoms with van der Waals surface area (Å²) in [6.45, 7) is 2.39. The number of ether oxygens (including phenoxy) is 2. The third-order valence-corrected chi connectivity index (χ3v) is 5.01. The number of aromatic nitrogens is 3. The molecule has 1 atom stereocenters. The third kappa shape index (κ3) is 3.88. The van der Waals surface area contributed by atoms with Gasteiger partial charge < -0.3 is 14.4 Å². The van der Waals surface area contributed by atoms with Crippen LogP contribution in [-0.4, -0.2) is 34.6 Å². The first-order valence-electron chi connectivity index (χ1n) is 9.61. The highest BCUT2D eigenvalue weighted by atomic mass is 16.5. The van der Waals surface area contributed by atoms with E-state index in [4.69, 9.17) is 9.47 Å². The molecule has 6 nitrogen and oxygen atoms in total. The summed E-state index contributed by atoms with van der Waals surface area (Å²) in [6, 6.07) is 20.6. The number of hydrogen-bond acceptors (Lipinski definition) is 6. The number of benzene rings is 2. The van der Waals surface area contributed by atoms with Gasteiger partial charge in [0.15, 0.2) is 0 Å². The molecular weight excluding hydrogens is 364 g/mol. The molecule has 3 heterocycles. The van der Waals surface area contributed by atoms with Crippen molar-refractivity contribution >= 4 is 16.6 Å². The molecule has 1 aliphatic rings. The summed E-state index contributed by atoms with van der Waals surface area (Å²) in [5.41, 5.74) is 3.11. The minimum atomic E-state index is 0.0838. The van der Waals surface area contributed by atoms with Crippen molar-refractivity contribution in [1.29, 1.82) is 0 Å². The van der Waals surface area contributed by atoms with E-state index < -0.39 is 0 Å². The van der Waals surface area contributed by atoms with E-state index in [1.54, 1.807) is 18.6 Å². The maximum Gasteiger partial charge on any atom is 0.322 e. The highest BCUT2D eigenvalue weighted by Crippen LogP contribution is 2.28. The van der Waals surface area contributed by atoms with Gasteiger partial charge in [-0.1, -0.05) is 30.3 Å². The van der Waals surface area contributed by atoms with Crippen LogP contribution in [0.15, 0.2) is 79.3 Å². The average molecular weight is 384 g/mol. The number of morpholine rings is 1. The first-order chi connectivity index (χ1) is 14.3. The Morgan fingerprint density at radius 2 is 1.83 bits per heavy atom. The number of anilines is 1. The molecule has 2 aromatic heterocycles. The van der Waals surface area contributed by atoms with Crippen molar-refractivity contribution < 1.29 is 9.47 Å². The first-order valence-corrected chi connectivity index (χ1v) is 9.61. The second-order valence-electron chi connectivity index (χ2n) is 6.90. The van der Waals surface area contributed by atoms with Crippen LogP contribution in [-0.2, 0) is 4.74 Å². The molecule has 4 aromatic rings. The molecule has 0 spiro atoms. The second kappa shape index (κ2) is 7.85. The van der Waals surface area contributed by atoms with Gasteiger partial charge in [-0.3, -0.25) is 4.98 Å². The Morgan fingerprint density at radius 3 is 2.69 bits per heavy atom. The summed E-state index contributed by atoms with van der Waals surface area (Å²) in [5, 5.41) is 0.933. The van der Waals surface area contributed by atoms with E-state index in [0.717, 1.165) is 29.7 Å². The highest BCUT2D eigenvalue weighted by Gasteiger charge is 2.22. The number of pyridine rings is 1. The lowest BCUT2D eigenvalue weighted by molar-refractivity contribution is 0.0398. The zero-order valence-corrected chi connectivity index (χ0v) is 15.8. The average Bonchev–Trinajstić information content (AvgIpc) is 2.80. The maximum absolute atomic E-state index is 5.97. The van der Waals surface area contributed by atoms with Gasteiger partial charge in [-0.25, -0.2) is 4.98 Å². The predicted molar refractivity (Wildman–Crippen MR) is 111 cm³/mol. The van der Waals surface area contributed by atoms with Crippen LogP contribution in [0.3, 0.4) is 0 Å². The number of hydrogen-bond donors (Lipinski definition) is 0. The quantitative estimate of drug-likeness (QED) is 0.520. The SMILES string of the molecule is c1ccc(C2CN(c3ccc(Oc4ncc5ccncc5n4)cc3)CCO2)cc1. The van der Waals surface area contributed by atoms with Crippen LogP contribution >= 0.6 is 0 Å². The van der Waals surface area contributed by atoms with Gasteiger partial charge in [0.2, 0.25) is 0 Å². The normalized spacial score (nSPS) is 16.7. The van der Waals surface area contributed by atoms with Crippen molar-refractivity contribution in [2.24, 2.45) is 0 Å². The largest absolute Gasteiger partial charge is 0.424 e. The summed E-state index contributed by atoms with van der Waals surface area (Å²) in [5.74, 6) is 0.699. The monoisotopic (exact) mass is 384 g/mol. The van der Waals surface area contributed by atoms with Crippen LogP contribution in [0.25, 0.3) is 10.9 Å². The van der Waals surface area contributed by atoms with E-state index in [1.807, 2.05) is 24.3 Å². The summed E-state index contributed by atoms with van der Waals surface area (Å²) in [6.07, 6.45) is 5.25. The molecule has 144 valence electrons. The summed E-state index contributed by atoms with van der Waals surface area (Å²) in [4.78, 5) is 15.1. The van der Waals surface area contributed by atoms with Crippen molar-refractivity contribution in [3.63, 3.8) is 0 Å². The second-order valence-corrected chi connectivity index (χ2v) is 6.90. The lowest BCUT2D eigenvalue weighted by Gasteiger charge is -2.34. The van der Waals surface area contributed by atoms with Gasteiger partial charge >= 0.3 is 6.01 Å². The Labute approximate surface area is 168 Å². The van der Waals surface area contributed by atoms with Crippen molar-refractivity contribution in [1.82, 2.24) is 15.0 Å². The fraction of sp³-hybridized carbons (Fsp3) is 0.174. The molecular formula is C23H20N4O2. The third-order valence-electron chi connectivity index (χ3n) is 5.01. The van der Waals surface area contributed by atoms with Crippen LogP contribution in [0.4, 0.5) is 5.69 Å². The Bertz CT molecular complexity index is 1100. The number of fused-ring (bicyclic) bond motifs is 1. The summed E-state index contributed by atoms with van der Waals surface area (Å²) < 4.78 is 11.8. The van der Waals surface area contributed by atoms with E-state index in [0.29, 0.717) is 18.4 Å². The van der Waals surface area contributed by atoms with Gasteiger partial charge in [-0.2, -0.15) is 4.98 Å². The summed E-state index contributed by atoms with van der Waals surface area (Å²) in [7, 11) is 0. The Kier molecular flexibility index (Phi) is 4.76. The van der Waals surface area contributed by atoms with Crippen LogP contribution < -0.4 is 9.64 Å². The molecule has 2 aromatic carbocycles. The molecule has 0 saturated carbocycles. The first kappa shape index (κ1) is 17.6. The smallest absolute Gasteiger partial charge is 0.322 e. The molecule has 6 heteroatoms. The van der Waals surface area contributed by atoms with Crippen molar-refractivity contribution in [2.45, 2.75) is 6.10 Å². The Hall–Kier alpha value is -3.51. The van der Waals surface area contributed by atoms with E-state index in [-0.39, 0.29) is 6.10 Å². The zero-order chi connectivity index (χ0) is 19.5. The standard InChI is InChI=1S/C23H20N4O2/c1-2-4-17(5-3-1)22-16-27(12-13-28-22)19-6-8-20(9-7-19)29-23-25-14-18-10-11-24-15-21(18)26-23/h1-11,14-15,22H,12-13,16H2. The van der Waals surface area contributed by atoms with E-state index >= 15 is 0 Å². The minimum Gasteiger partial charge on any atom is -0.424 e. The van der Waals surface area contributed by atoms with Crippen molar-refractivity contribution in [3.05, 3.63) is 84.8 Å². The molecule has 0 radical (unpaired) electrons. The van der Waals surface area contributed by atoms with E-state index in [1.165, 1.54) is 5.56 Å². The van der Waals surface area contributed by atoms with Crippen LogP contribution in [0.2, 0.25) is 0 Å². The van der Waals surface area contributed by atoms with E-state index in [9.17, 15) is 0 Å². The van der Waals surface area contributed by atoms with Crippen molar-refractivity contribution in [3.8, 4) is 11.8 Å². The Morgan fingerprint density at radius 1 is 0.966 bits per heavy atom. The molecule has 29 heavy (non-hydrogen) atoms. The van der Waals surface area contributed by atoms with Gasteiger partial charge in [-0.05, 0) is 35.9 Å². The lowest BCUT2D eigenvalue weighted by atomic mass is 10.1. The fourth-order valence-electron chi connectivity index (χ4n) is 3.49. The topological polar surface area (TPSA) is 60.4 Å². The molecule has 1 unspecified atom stereocenters. The zero-order valence-electron chi connectivity index (χ0n) is 15.8. The van der Waals surface area contributed by atoms with Crippen molar-refractivity contribution in [2.75, 3.05) is 24.6 Å². The number of nitrogens with zero attached hydrogens (tertiary/aromatic N) is 4. The van der Waals surface area contributed by atoms with Gasteiger partial charge in [0.05, 0.1) is 18.3 Å². The molecule has 1 aliphatic heterocycles. The molecule has 5 rings (SSSR count). The maximum atomic E-state index is 5.97. The molecule has 0 bridgehead atoms. The Balaban J connectivity index is 1.29.